The largest absolute Gasteiger partial charge is 0.0843 e. The molecule has 0 amide bonds. The molecule has 0 saturated heterocycles. The van der Waals surface area contributed by atoms with E-state index < -0.39 is 0 Å². The molecule has 1 spiro atoms. The van der Waals surface area contributed by atoms with Crippen LogP contribution in [0.25, 0.3) is 33.4 Å². The minimum atomic E-state index is 0.209. The van der Waals surface area contributed by atoms with Crippen molar-refractivity contribution in [3.05, 3.63) is 107 Å². The zero-order chi connectivity index (χ0) is 23.1. The Morgan fingerprint density at radius 2 is 1.11 bits per heavy atom. The van der Waals surface area contributed by atoms with E-state index in [4.69, 9.17) is 11.6 Å². The van der Waals surface area contributed by atoms with Gasteiger partial charge in [-0.2, -0.15) is 0 Å². The van der Waals surface area contributed by atoms with E-state index in [2.05, 4.69) is 84.9 Å². The lowest BCUT2D eigenvalue weighted by Gasteiger charge is -2.61. The summed E-state index contributed by atoms with van der Waals surface area (Å²) in [5.74, 6) is 3.51. The van der Waals surface area contributed by atoms with Gasteiger partial charge in [0, 0.05) is 10.4 Å². The maximum atomic E-state index is 6.39. The monoisotopic (exact) mass is 472 g/mol. The Labute approximate surface area is 213 Å². The molecule has 0 N–H and O–H groups in total. The van der Waals surface area contributed by atoms with Crippen LogP contribution in [-0.2, 0) is 5.41 Å². The van der Waals surface area contributed by atoms with E-state index in [1.165, 1.54) is 65.5 Å². The highest BCUT2D eigenvalue weighted by atomic mass is 35.5. The summed E-state index contributed by atoms with van der Waals surface area (Å²) in [6, 6.07) is 33.8. The number of hydrogen-bond donors (Lipinski definition) is 0. The second-order valence-corrected chi connectivity index (χ2v) is 12.0. The molecule has 5 aliphatic rings. The molecule has 0 unspecified atom stereocenters. The van der Waals surface area contributed by atoms with E-state index in [1.807, 2.05) is 6.07 Å². The molecule has 5 aliphatic carbocycles. The molecule has 1 heteroatoms. The van der Waals surface area contributed by atoms with Gasteiger partial charge >= 0.3 is 0 Å². The molecular formula is C34H29Cl. The Bertz CT molecular complexity index is 1450. The van der Waals surface area contributed by atoms with Gasteiger partial charge in [-0.3, -0.25) is 0 Å². The van der Waals surface area contributed by atoms with Gasteiger partial charge in [0.15, 0.2) is 0 Å². The van der Waals surface area contributed by atoms with Gasteiger partial charge in [-0.1, -0.05) is 84.4 Å². The topological polar surface area (TPSA) is 0 Å². The van der Waals surface area contributed by atoms with Crippen LogP contribution in [-0.4, -0.2) is 0 Å². The van der Waals surface area contributed by atoms with Crippen LogP contribution in [0.3, 0.4) is 0 Å². The number of hydrogen-bond acceptors (Lipinski definition) is 0. The summed E-state index contributed by atoms with van der Waals surface area (Å²) >= 11 is 6.39. The molecule has 9 rings (SSSR count). The van der Waals surface area contributed by atoms with Gasteiger partial charge in [-0.15, -0.1) is 0 Å². The first-order chi connectivity index (χ1) is 17.2. The molecule has 4 aromatic rings. The highest BCUT2D eigenvalue weighted by Gasteiger charge is 2.61. The first-order valence-corrected chi connectivity index (χ1v) is 13.7. The molecule has 4 saturated carbocycles. The van der Waals surface area contributed by atoms with E-state index >= 15 is 0 Å². The summed E-state index contributed by atoms with van der Waals surface area (Å²) in [7, 11) is 0. The highest BCUT2D eigenvalue weighted by molar-refractivity contribution is 6.30. The lowest BCUT2D eigenvalue weighted by atomic mass is 9.43. The molecule has 35 heavy (non-hydrogen) atoms. The summed E-state index contributed by atoms with van der Waals surface area (Å²) in [6.07, 6.45) is 7.17. The number of halogens is 1. The average molecular weight is 473 g/mol. The lowest BCUT2D eigenvalue weighted by Crippen LogP contribution is -2.55. The van der Waals surface area contributed by atoms with Crippen LogP contribution in [0.15, 0.2) is 91.0 Å². The predicted octanol–water partition coefficient (Wildman–Crippen LogP) is 9.40. The van der Waals surface area contributed by atoms with E-state index in [0.717, 1.165) is 28.7 Å². The standard InChI is InChI=1S/C34H29Cl/c35-27-7-5-6-23(19-27)28-8-1-2-9-29(28)24-12-13-31-30-10-3-4-11-32(30)34(33(31)20-24)25-15-21-14-22(17-25)18-26(34)16-21/h1-13,19-22,25-26H,14-18H2. The van der Waals surface area contributed by atoms with Gasteiger partial charge in [0.2, 0.25) is 0 Å². The summed E-state index contributed by atoms with van der Waals surface area (Å²) in [6.45, 7) is 0. The third kappa shape index (κ3) is 2.75. The van der Waals surface area contributed by atoms with Gasteiger partial charge in [0.25, 0.3) is 0 Å². The molecule has 4 bridgehead atoms. The van der Waals surface area contributed by atoms with Gasteiger partial charge in [0.1, 0.15) is 0 Å². The Balaban J connectivity index is 1.35. The zero-order valence-electron chi connectivity index (χ0n) is 19.9. The van der Waals surface area contributed by atoms with Crippen molar-refractivity contribution >= 4 is 11.6 Å². The SMILES string of the molecule is Clc1cccc(-c2ccccc2-c2ccc3c(c2)C2(c4ccccc4-3)C3CC4CC(C3)CC2C4)c1. The molecule has 4 aromatic carbocycles. The molecule has 0 heterocycles. The summed E-state index contributed by atoms with van der Waals surface area (Å²) in [5.41, 5.74) is 11.5. The second kappa shape index (κ2) is 7.34. The first-order valence-electron chi connectivity index (χ1n) is 13.3. The Hall–Kier alpha value is -2.83. The van der Waals surface area contributed by atoms with Crippen molar-refractivity contribution in [2.24, 2.45) is 23.7 Å². The maximum absolute atomic E-state index is 6.39. The minimum Gasteiger partial charge on any atom is -0.0843 e. The normalized spacial score (nSPS) is 29.4. The lowest BCUT2D eigenvalue weighted by molar-refractivity contribution is -0.0399. The van der Waals surface area contributed by atoms with Gasteiger partial charge in [-0.05, 0) is 118 Å². The van der Waals surface area contributed by atoms with Crippen molar-refractivity contribution < 1.29 is 0 Å². The summed E-state index contributed by atoms with van der Waals surface area (Å²) in [4.78, 5) is 0. The van der Waals surface area contributed by atoms with Crippen molar-refractivity contribution in [1.82, 2.24) is 0 Å². The van der Waals surface area contributed by atoms with Crippen LogP contribution in [0.1, 0.15) is 43.2 Å². The van der Waals surface area contributed by atoms with Gasteiger partial charge in [-0.25, -0.2) is 0 Å². The quantitative estimate of drug-likeness (QED) is 0.272. The Kier molecular flexibility index (Phi) is 4.27. The van der Waals surface area contributed by atoms with Gasteiger partial charge in [0.05, 0.1) is 0 Å². The van der Waals surface area contributed by atoms with Crippen molar-refractivity contribution in [1.29, 1.82) is 0 Å². The van der Waals surface area contributed by atoms with Gasteiger partial charge < -0.3 is 0 Å². The van der Waals surface area contributed by atoms with E-state index in [9.17, 15) is 0 Å². The first kappa shape index (κ1) is 20.4. The second-order valence-electron chi connectivity index (χ2n) is 11.5. The van der Waals surface area contributed by atoms with Crippen LogP contribution >= 0.6 is 11.6 Å². The number of rotatable bonds is 2. The number of benzene rings is 4. The predicted molar refractivity (Wildman–Crippen MR) is 146 cm³/mol. The third-order valence-corrected chi connectivity index (χ3v) is 10.2. The third-order valence-electron chi connectivity index (χ3n) is 9.93. The van der Waals surface area contributed by atoms with Crippen LogP contribution in [0.5, 0.6) is 0 Å². The molecule has 4 fully saturated rings. The van der Waals surface area contributed by atoms with Crippen LogP contribution in [0.4, 0.5) is 0 Å². The van der Waals surface area contributed by atoms with E-state index in [-0.39, 0.29) is 5.41 Å². The van der Waals surface area contributed by atoms with Crippen LogP contribution in [0, 0.1) is 23.7 Å². The van der Waals surface area contributed by atoms with Crippen molar-refractivity contribution in [3.63, 3.8) is 0 Å². The summed E-state index contributed by atoms with van der Waals surface area (Å²) < 4.78 is 0. The molecule has 0 aromatic heterocycles. The van der Waals surface area contributed by atoms with Crippen molar-refractivity contribution in [2.75, 3.05) is 0 Å². The average Bonchev–Trinajstić information content (AvgIpc) is 3.17. The van der Waals surface area contributed by atoms with Crippen LogP contribution < -0.4 is 0 Å². The van der Waals surface area contributed by atoms with E-state index in [0.29, 0.717) is 0 Å². The highest BCUT2D eigenvalue weighted by Crippen LogP contribution is 2.69. The van der Waals surface area contributed by atoms with Crippen LogP contribution in [0.2, 0.25) is 5.02 Å². The van der Waals surface area contributed by atoms with Crippen molar-refractivity contribution in [3.8, 4) is 33.4 Å². The molecule has 172 valence electrons. The van der Waals surface area contributed by atoms with Crippen molar-refractivity contribution in [2.45, 2.75) is 37.5 Å². The fourth-order valence-corrected chi connectivity index (χ4v) is 9.15. The summed E-state index contributed by atoms with van der Waals surface area (Å²) in [5, 5.41) is 0.786. The molecule has 0 aliphatic heterocycles. The number of fused-ring (bicyclic) bond motifs is 3. The smallest absolute Gasteiger partial charge is 0.0412 e. The Morgan fingerprint density at radius 1 is 0.514 bits per heavy atom. The minimum absolute atomic E-state index is 0.209. The molecular weight excluding hydrogens is 444 g/mol. The molecule has 0 atom stereocenters. The zero-order valence-corrected chi connectivity index (χ0v) is 20.6. The van der Waals surface area contributed by atoms with E-state index in [1.54, 1.807) is 11.1 Å². The fourth-order valence-electron chi connectivity index (χ4n) is 8.96. The maximum Gasteiger partial charge on any atom is 0.0412 e. The fraction of sp³-hybridized carbons (Fsp3) is 0.294. The molecule has 0 radical (unpaired) electrons. The Morgan fingerprint density at radius 3 is 1.80 bits per heavy atom. The molecule has 0 nitrogen and oxygen atoms in total.